The quantitative estimate of drug-likeness (QED) is 0.866. The number of aromatic nitrogens is 3. The second-order valence-electron chi connectivity index (χ2n) is 6.37. The van der Waals surface area contributed by atoms with Gasteiger partial charge >= 0.3 is 0 Å². The Balaban J connectivity index is 1.52. The first kappa shape index (κ1) is 12.9. The third kappa shape index (κ3) is 2.43. The second-order valence-corrected chi connectivity index (χ2v) is 6.37. The summed E-state index contributed by atoms with van der Waals surface area (Å²) in [6.07, 6.45) is 14.1. The fraction of sp³-hybridized carbons (Fsp3) is 0.529. The predicted molar refractivity (Wildman–Crippen MR) is 80.5 cm³/mol. The SMILES string of the molecule is O=C1CCCc2cn(Cc3ccn(C4CCCC4)n3)cc21. The minimum Gasteiger partial charge on any atom is -0.347 e. The first-order chi connectivity index (χ1) is 10.3. The van der Waals surface area contributed by atoms with Gasteiger partial charge in [0.15, 0.2) is 5.78 Å². The van der Waals surface area contributed by atoms with Crippen molar-refractivity contribution in [2.75, 3.05) is 0 Å². The summed E-state index contributed by atoms with van der Waals surface area (Å²) in [5.74, 6) is 0.298. The summed E-state index contributed by atoms with van der Waals surface area (Å²) in [7, 11) is 0. The second kappa shape index (κ2) is 5.17. The first-order valence-corrected chi connectivity index (χ1v) is 8.05. The zero-order chi connectivity index (χ0) is 14.2. The standard InChI is InChI=1S/C17H21N3O/c21-17-7-3-4-13-10-19(12-16(13)17)11-14-8-9-20(18-14)15-5-1-2-6-15/h8-10,12,15H,1-7,11H2. The fourth-order valence-corrected chi connectivity index (χ4v) is 3.69. The van der Waals surface area contributed by atoms with Crippen LogP contribution < -0.4 is 0 Å². The van der Waals surface area contributed by atoms with Gasteiger partial charge in [0.05, 0.1) is 18.3 Å². The van der Waals surface area contributed by atoms with Gasteiger partial charge < -0.3 is 4.57 Å². The summed E-state index contributed by atoms with van der Waals surface area (Å²) in [5, 5.41) is 4.72. The van der Waals surface area contributed by atoms with Crippen LogP contribution in [-0.4, -0.2) is 20.1 Å². The molecule has 2 aliphatic rings. The van der Waals surface area contributed by atoms with Gasteiger partial charge in [0.2, 0.25) is 0 Å². The average molecular weight is 283 g/mol. The molecule has 0 atom stereocenters. The fourth-order valence-electron chi connectivity index (χ4n) is 3.69. The maximum Gasteiger partial charge on any atom is 0.164 e. The highest BCUT2D eigenvalue weighted by Gasteiger charge is 2.20. The number of ketones is 1. The maximum absolute atomic E-state index is 11.9. The Labute approximate surface area is 124 Å². The zero-order valence-electron chi connectivity index (χ0n) is 12.3. The van der Waals surface area contributed by atoms with Crippen molar-refractivity contribution in [3.05, 3.63) is 41.5 Å². The van der Waals surface area contributed by atoms with Gasteiger partial charge in [-0.3, -0.25) is 9.48 Å². The van der Waals surface area contributed by atoms with Crippen molar-refractivity contribution in [2.24, 2.45) is 0 Å². The van der Waals surface area contributed by atoms with Gasteiger partial charge in [0, 0.05) is 30.6 Å². The molecule has 0 unspecified atom stereocenters. The van der Waals surface area contributed by atoms with E-state index in [1.807, 2.05) is 6.20 Å². The summed E-state index contributed by atoms with van der Waals surface area (Å²) in [5.41, 5.74) is 3.22. The summed E-state index contributed by atoms with van der Waals surface area (Å²) in [6, 6.07) is 2.71. The highest BCUT2D eigenvalue weighted by Crippen LogP contribution is 2.29. The molecule has 4 heteroatoms. The van der Waals surface area contributed by atoms with Crippen molar-refractivity contribution in [1.29, 1.82) is 0 Å². The number of fused-ring (bicyclic) bond motifs is 1. The molecule has 2 aliphatic carbocycles. The van der Waals surface area contributed by atoms with Crippen LogP contribution in [0.2, 0.25) is 0 Å². The molecule has 21 heavy (non-hydrogen) atoms. The molecular formula is C17H21N3O. The van der Waals surface area contributed by atoms with E-state index in [0.717, 1.165) is 30.6 Å². The molecule has 0 radical (unpaired) electrons. The topological polar surface area (TPSA) is 39.8 Å². The number of nitrogens with zero attached hydrogens (tertiary/aromatic N) is 3. The molecule has 0 spiro atoms. The zero-order valence-corrected chi connectivity index (χ0v) is 12.3. The maximum atomic E-state index is 11.9. The first-order valence-electron chi connectivity index (χ1n) is 8.05. The summed E-state index contributed by atoms with van der Waals surface area (Å²) in [4.78, 5) is 11.9. The van der Waals surface area contributed by atoms with Crippen LogP contribution in [0.25, 0.3) is 0 Å². The highest BCUT2D eigenvalue weighted by atomic mass is 16.1. The lowest BCUT2D eigenvalue weighted by atomic mass is 9.95. The Morgan fingerprint density at radius 2 is 2.00 bits per heavy atom. The van der Waals surface area contributed by atoms with E-state index >= 15 is 0 Å². The third-order valence-corrected chi connectivity index (χ3v) is 4.82. The van der Waals surface area contributed by atoms with Gasteiger partial charge in [-0.25, -0.2) is 0 Å². The number of Topliss-reactive ketones (excluding diaryl/α,β-unsaturated/α-hetero) is 1. The van der Waals surface area contributed by atoms with Crippen LogP contribution in [0.4, 0.5) is 0 Å². The van der Waals surface area contributed by atoms with Gasteiger partial charge in [-0.2, -0.15) is 5.10 Å². The van der Waals surface area contributed by atoms with Crippen LogP contribution in [0.5, 0.6) is 0 Å². The van der Waals surface area contributed by atoms with Gasteiger partial charge in [-0.05, 0) is 37.3 Å². The molecule has 110 valence electrons. The Morgan fingerprint density at radius 3 is 2.81 bits per heavy atom. The van der Waals surface area contributed by atoms with E-state index < -0.39 is 0 Å². The molecule has 0 aromatic carbocycles. The Kier molecular flexibility index (Phi) is 3.17. The molecule has 2 aromatic rings. The molecule has 4 rings (SSSR count). The van der Waals surface area contributed by atoms with Crippen molar-refractivity contribution in [3.63, 3.8) is 0 Å². The van der Waals surface area contributed by atoms with Crippen molar-refractivity contribution >= 4 is 5.78 Å². The summed E-state index contributed by atoms with van der Waals surface area (Å²) >= 11 is 0. The lowest BCUT2D eigenvalue weighted by Crippen LogP contribution is -2.07. The van der Waals surface area contributed by atoms with Crippen molar-refractivity contribution < 1.29 is 4.79 Å². The van der Waals surface area contributed by atoms with Crippen LogP contribution in [0.1, 0.15) is 66.2 Å². The van der Waals surface area contributed by atoms with Crippen LogP contribution in [-0.2, 0) is 13.0 Å². The molecule has 0 saturated heterocycles. The van der Waals surface area contributed by atoms with E-state index in [2.05, 4.69) is 27.7 Å². The van der Waals surface area contributed by atoms with Crippen LogP contribution >= 0.6 is 0 Å². The summed E-state index contributed by atoms with van der Waals surface area (Å²) in [6.45, 7) is 0.764. The van der Waals surface area contributed by atoms with Crippen LogP contribution in [0.3, 0.4) is 0 Å². The average Bonchev–Trinajstić information content (AvgIpc) is 3.18. The monoisotopic (exact) mass is 283 g/mol. The minimum atomic E-state index is 0.298. The van der Waals surface area contributed by atoms with E-state index in [-0.39, 0.29) is 0 Å². The number of hydrogen-bond donors (Lipinski definition) is 0. The normalized spacial score (nSPS) is 19.1. The molecule has 0 N–H and O–H groups in total. The largest absolute Gasteiger partial charge is 0.347 e. The van der Waals surface area contributed by atoms with Gasteiger partial charge in [-0.1, -0.05) is 12.8 Å². The van der Waals surface area contributed by atoms with E-state index in [0.29, 0.717) is 18.2 Å². The van der Waals surface area contributed by atoms with E-state index in [9.17, 15) is 4.79 Å². The molecule has 0 aliphatic heterocycles. The lowest BCUT2D eigenvalue weighted by molar-refractivity contribution is 0.0973. The Morgan fingerprint density at radius 1 is 1.14 bits per heavy atom. The molecule has 1 fully saturated rings. The van der Waals surface area contributed by atoms with E-state index in [1.165, 1.54) is 31.2 Å². The highest BCUT2D eigenvalue weighted by molar-refractivity contribution is 5.98. The molecular weight excluding hydrogens is 262 g/mol. The van der Waals surface area contributed by atoms with E-state index in [4.69, 9.17) is 5.10 Å². The van der Waals surface area contributed by atoms with Crippen molar-refractivity contribution in [1.82, 2.24) is 14.3 Å². The van der Waals surface area contributed by atoms with Gasteiger partial charge in [0.1, 0.15) is 0 Å². The van der Waals surface area contributed by atoms with Crippen LogP contribution in [0.15, 0.2) is 24.7 Å². The third-order valence-electron chi connectivity index (χ3n) is 4.82. The number of hydrogen-bond acceptors (Lipinski definition) is 2. The number of carbonyl (C=O) groups is 1. The van der Waals surface area contributed by atoms with Crippen molar-refractivity contribution in [2.45, 2.75) is 57.5 Å². The smallest absolute Gasteiger partial charge is 0.164 e. The molecule has 0 bridgehead atoms. The number of rotatable bonds is 3. The Hall–Kier alpha value is -1.84. The molecule has 1 saturated carbocycles. The Bertz CT molecular complexity index is 661. The van der Waals surface area contributed by atoms with Crippen molar-refractivity contribution in [3.8, 4) is 0 Å². The molecule has 0 amide bonds. The molecule has 2 aromatic heterocycles. The summed E-state index contributed by atoms with van der Waals surface area (Å²) < 4.78 is 4.26. The molecule has 4 nitrogen and oxygen atoms in total. The molecule has 2 heterocycles. The number of carbonyl (C=O) groups excluding carboxylic acids is 1. The minimum absolute atomic E-state index is 0.298. The van der Waals surface area contributed by atoms with E-state index in [1.54, 1.807) is 0 Å². The van der Waals surface area contributed by atoms with Gasteiger partial charge in [-0.15, -0.1) is 0 Å². The lowest BCUT2D eigenvalue weighted by Gasteiger charge is -2.08. The van der Waals surface area contributed by atoms with Gasteiger partial charge in [0.25, 0.3) is 0 Å². The number of aryl methyl sites for hydroxylation is 1. The predicted octanol–water partition coefficient (Wildman–Crippen LogP) is 3.37. The van der Waals surface area contributed by atoms with Crippen LogP contribution in [0, 0.1) is 0 Å².